The average molecular weight is 244 g/mol. The molecule has 0 saturated carbocycles. The molecule has 2 aliphatic rings. The van der Waals surface area contributed by atoms with E-state index in [-0.39, 0.29) is 5.92 Å². The molecule has 0 radical (unpaired) electrons. The van der Waals surface area contributed by atoms with Crippen LogP contribution in [0.5, 0.6) is 0 Å². The highest BCUT2D eigenvalue weighted by atomic mass is 16.2. The van der Waals surface area contributed by atoms with Crippen LogP contribution in [-0.2, 0) is 17.9 Å². The first-order chi connectivity index (χ1) is 8.74. The molecule has 0 aromatic heterocycles. The van der Waals surface area contributed by atoms with Crippen molar-refractivity contribution >= 4 is 5.91 Å². The summed E-state index contributed by atoms with van der Waals surface area (Å²) in [4.78, 5) is 14.5. The highest BCUT2D eigenvalue weighted by Gasteiger charge is 2.31. The lowest BCUT2D eigenvalue weighted by Gasteiger charge is -2.30. The Morgan fingerprint density at radius 1 is 1.22 bits per heavy atom. The van der Waals surface area contributed by atoms with Gasteiger partial charge in [-0.05, 0) is 30.0 Å². The Bertz CT molecular complexity index is 433. The summed E-state index contributed by atoms with van der Waals surface area (Å²) in [6, 6.07) is 8.36. The van der Waals surface area contributed by atoms with Crippen LogP contribution in [0.2, 0.25) is 0 Å². The van der Waals surface area contributed by atoms with Crippen LogP contribution >= 0.6 is 0 Å². The molecule has 2 aliphatic heterocycles. The molecule has 2 heterocycles. The molecular formula is C15H20N2O. The van der Waals surface area contributed by atoms with E-state index in [1.165, 1.54) is 11.1 Å². The lowest BCUT2D eigenvalue weighted by atomic mass is 9.91. The van der Waals surface area contributed by atoms with E-state index >= 15 is 0 Å². The Balaban J connectivity index is 1.68. The van der Waals surface area contributed by atoms with Gasteiger partial charge in [-0.15, -0.1) is 0 Å². The summed E-state index contributed by atoms with van der Waals surface area (Å²) in [6.07, 6.45) is 1.03. The van der Waals surface area contributed by atoms with Crippen LogP contribution in [0, 0.1) is 11.8 Å². The molecule has 96 valence electrons. The number of nitrogens with zero attached hydrogens (tertiary/aromatic N) is 1. The molecule has 2 unspecified atom stereocenters. The smallest absolute Gasteiger partial charge is 0.227 e. The van der Waals surface area contributed by atoms with Gasteiger partial charge in [0.2, 0.25) is 5.91 Å². The molecule has 1 fully saturated rings. The summed E-state index contributed by atoms with van der Waals surface area (Å²) in [5.41, 5.74) is 2.62. The molecular weight excluding hydrogens is 224 g/mol. The van der Waals surface area contributed by atoms with Gasteiger partial charge in [0.25, 0.3) is 0 Å². The van der Waals surface area contributed by atoms with E-state index in [0.717, 1.165) is 32.6 Å². The van der Waals surface area contributed by atoms with Gasteiger partial charge in [-0.2, -0.15) is 0 Å². The number of rotatable bonds is 1. The van der Waals surface area contributed by atoms with Gasteiger partial charge in [0.15, 0.2) is 0 Å². The highest BCUT2D eigenvalue weighted by molar-refractivity contribution is 5.80. The SMILES string of the molecule is CC1CNCC(C(=O)N2Cc3ccccc3C2)C1. The predicted molar refractivity (Wildman–Crippen MR) is 70.8 cm³/mol. The zero-order chi connectivity index (χ0) is 12.5. The van der Waals surface area contributed by atoms with Crippen molar-refractivity contribution in [2.45, 2.75) is 26.4 Å². The van der Waals surface area contributed by atoms with Crippen molar-refractivity contribution in [3.8, 4) is 0 Å². The zero-order valence-electron chi connectivity index (χ0n) is 10.9. The van der Waals surface area contributed by atoms with Gasteiger partial charge in [0.05, 0.1) is 5.92 Å². The van der Waals surface area contributed by atoms with Crippen LogP contribution in [0.25, 0.3) is 0 Å². The van der Waals surface area contributed by atoms with Crippen LogP contribution in [-0.4, -0.2) is 23.9 Å². The third-order valence-corrected chi connectivity index (χ3v) is 4.07. The highest BCUT2D eigenvalue weighted by Crippen LogP contribution is 2.26. The number of amides is 1. The van der Waals surface area contributed by atoms with Gasteiger partial charge in [-0.3, -0.25) is 4.79 Å². The lowest BCUT2D eigenvalue weighted by Crippen LogP contribution is -2.43. The van der Waals surface area contributed by atoms with E-state index in [1.54, 1.807) is 0 Å². The number of benzene rings is 1. The average Bonchev–Trinajstić information content (AvgIpc) is 2.81. The molecule has 1 amide bonds. The number of piperidine rings is 1. The topological polar surface area (TPSA) is 32.3 Å². The van der Waals surface area contributed by atoms with Crippen molar-refractivity contribution in [3.63, 3.8) is 0 Å². The second kappa shape index (κ2) is 4.73. The first-order valence-corrected chi connectivity index (χ1v) is 6.80. The van der Waals surface area contributed by atoms with E-state index < -0.39 is 0 Å². The molecule has 3 rings (SSSR count). The van der Waals surface area contributed by atoms with Crippen molar-refractivity contribution in [3.05, 3.63) is 35.4 Å². The van der Waals surface area contributed by atoms with E-state index in [1.807, 2.05) is 4.90 Å². The summed E-state index contributed by atoms with van der Waals surface area (Å²) >= 11 is 0. The Kier molecular flexibility index (Phi) is 3.08. The van der Waals surface area contributed by atoms with E-state index in [4.69, 9.17) is 0 Å². The van der Waals surface area contributed by atoms with Crippen molar-refractivity contribution in [1.82, 2.24) is 10.2 Å². The maximum Gasteiger partial charge on any atom is 0.227 e. The molecule has 2 atom stereocenters. The number of carbonyl (C=O) groups is 1. The largest absolute Gasteiger partial charge is 0.334 e. The Morgan fingerprint density at radius 2 is 1.89 bits per heavy atom. The molecule has 0 spiro atoms. The molecule has 1 aromatic rings. The van der Waals surface area contributed by atoms with Crippen LogP contribution in [0.15, 0.2) is 24.3 Å². The minimum atomic E-state index is 0.170. The van der Waals surface area contributed by atoms with Crippen LogP contribution < -0.4 is 5.32 Å². The Morgan fingerprint density at radius 3 is 2.50 bits per heavy atom. The van der Waals surface area contributed by atoms with Crippen molar-refractivity contribution in [2.24, 2.45) is 11.8 Å². The minimum Gasteiger partial charge on any atom is -0.334 e. The van der Waals surface area contributed by atoms with Crippen molar-refractivity contribution in [2.75, 3.05) is 13.1 Å². The molecule has 18 heavy (non-hydrogen) atoms. The summed E-state index contributed by atoms with van der Waals surface area (Å²) in [6.45, 7) is 5.69. The maximum absolute atomic E-state index is 12.5. The van der Waals surface area contributed by atoms with Gasteiger partial charge in [-0.25, -0.2) is 0 Å². The summed E-state index contributed by atoms with van der Waals surface area (Å²) in [5, 5.41) is 3.36. The van der Waals surface area contributed by atoms with Gasteiger partial charge in [0, 0.05) is 19.6 Å². The van der Waals surface area contributed by atoms with Crippen molar-refractivity contribution < 1.29 is 4.79 Å². The second-order valence-electron chi connectivity index (χ2n) is 5.66. The minimum absolute atomic E-state index is 0.170. The van der Waals surface area contributed by atoms with Gasteiger partial charge in [0.1, 0.15) is 0 Å². The van der Waals surface area contributed by atoms with Gasteiger partial charge >= 0.3 is 0 Å². The molecule has 1 aromatic carbocycles. The number of hydrogen-bond acceptors (Lipinski definition) is 2. The quantitative estimate of drug-likeness (QED) is 0.816. The molecule has 0 aliphatic carbocycles. The third kappa shape index (κ3) is 2.15. The first-order valence-electron chi connectivity index (χ1n) is 6.80. The van der Waals surface area contributed by atoms with Crippen LogP contribution in [0.1, 0.15) is 24.5 Å². The van der Waals surface area contributed by atoms with Crippen LogP contribution in [0.4, 0.5) is 0 Å². The number of fused-ring (bicyclic) bond motifs is 1. The third-order valence-electron chi connectivity index (χ3n) is 4.07. The first kappa shape index (κ1) is 11.7. The molecule has 3 heteroatoms. The van der Waals surface area contributed by atoms with E-state index in [0.29, 0.717) is 11.8 Å². The fourth-order valence-corrected chi connectivity index (χ4v) is 3.09. The Labute approximate surface area is 108 Å². The molecule has 3 nitrogen and oxygen atoms in total. The molecule has 1 N–H and O–H groups in total. The summed E-state index contributed by atoms with van der Waals surface area (Å²) in [7, 11) is 0. The lowest BCUT2D eigenvalue weighted by molar-refractivity contribution is -0.137. The summed E-state index contributed by atoms with van der Waals surface area (Å²) < 4.78 is 0. The fourth-order valence-electron chi connectivity index (χ4n) is 3.09. The van der Waals surface area contributed by atoms with Crippen LogP contribution in [0.3, 0.4) is 0 Å². The fraction of sp³-hybridized carbons (Fsp3) is 0.533. The molecule has 1 saturated heterocycles. The Hall–Kier alpha value is -1.35. The van der Waals surface area contributed by atoms with Gasteiger partial charge in [-0.1, -0.05) is 31.2 Å². The normalized spacial score (nSPS) is 27.1. The summed E-state index contributed by atoms with van der Waals surface area (Å²) in [5.74, 6) is 1.10. The number of nitrogens with one attached hydrogen (secondary N) is 1. The standard InChI is InChI=1S/C15H20N2O/c1-11-6-14(8-16-7-11)15(18)17-9-12-4-2-3-5-13(12)10-17/h2-5,11,14,16H,6-10H2,1H3. The molecule has 0 bridgehead atoms. The maximum atomic E-state index is 12.5. The van der Waals surface area contributed by atoms with E-state index in [9.17, 15) is 4.79 Å². The van der Waals surface area contributed by atoms with Crippen molar-refractivity contribution in [1.29, 1.82) is 0 Å². The van der Waals surface area contributed by atoms with Gasteiger partial charge < -0.3 is 10.2 Å². The number of hydrogen-bond donors (Lipinski definition) is 1. The predicted octanol–water partition coefficient (Wildman–Crippen LogP) is 1.77. The zero-order valence-corrected chi connectivity index (χ0v) is 10.9. The second-order valence-corrected chi connectivity index (χ2v) is 5.66. The van der Waals surface area contributed by atoms with E-state index in [2.05, 4.69) is 36.5 Å². The number of carbonyl (C=O) groups excluding carboxylic acids is 1. The monoisotopic (exact) mass is 244 g/mol.